The van der Waals surface area contributed by atoms with Crippen molar-refractivity contribution in [1.29, 1.82) is 0 Å². The van der Waals surface area contributed by atoms with Gasteiger partial charge < -0.3 is 4.74 Å². The molecule has 1 heterocycles. The van der Waals surface area contributed by atoms with Gasteiger partial charge in [0.05, 0.1) is 18.5 Å². The molecule has 0 aliphatic rings. The monoisotopic (exact) mass is 422 g/mol. The number of hydrogen-bond acceptors (Lipinski definition) is 4. The lowest BCUT2D eigenvalue weighted by atomic mass is 10.2. The second-order valence-electron chi connectivity index (χ2n) is 5.52. The topological polar surface area (TPSA) is 58.9 Å². The molecule has 136 valence electrons. The first kappa shape index (κ1) is 18.8. The van der Waals surface area contributed by atoms with Gasteiger partial charge in [-0.15, -0.1) is 0 Å². The molecule has 0 spiro atoms. The number of rotatable bonds is 6. The molecule has 0 radical (unpaired) electrons. The summed E-state index contributed by atoms with van der Waals surface area (Å²) in [7, 11) is 0. The van der Waals surface area contributed by atoms with Crippen molar-refractivity contribution in [2.45, 2.75) is 6.92 Å². The minimum absolute atomic E-state index is 0.563. The van der Waals surface area contributed by atoms with Crippen LogP contribution < -0.4 is 10.2 Å². The van der Waals surface area contributed by atoms with Gasteiger partial charge in [0.25, 0.3) is 0 Å². The highest BCUT2D eigenvalue weighted by Crippen LogP contribution is 2.18. The second kappa shape index (κ2) is 9.64. The van der Waals surface area contributed by atoms with E-state index >= 15 is 0 Å². The number of hydrogen-bond donors (Lipinski definition) is 1. The number of aromatic nitrogens is 1. The molecule has 0 aliphatic carbocycles. The first-order valence-corrected chi connectivity index (χ1v) is 9.31. The van der Waals surface area contributed by atoms with Crippen molar-refractivity contribution >= 4 is 33.7 Å². The summed E-state index contributed by atoms with van der Waals surface area (Å²) in [4.78, 5) is 9.00. The Balaban J connectivity index is 1.81. The van der Waals surface area contributed by atoms with Gasteiger partial charge in [-0.05, 0) is 61.0 Å². The number of ether oxygens (including phenoxy) is 1. The fourth-order valence-corrected chi connectivity index (χ4v) is 2.54. The average Bonchev–Trinajstić information content (AvgIpc) is 2.71. The quantitative estimate of drug-likeness (QED) is 0.347. The normalized spacial score (nSPS) is 11.6. The van der Waals surface area contributed by atoms with Gasteiger partial charge in [0.1, 0.15) is 11.4 Å². The number of aliphatic imine (C=N–C) groups is 1. The summed E-state index contributed by atoms with van der Waals surface area (Å²) in [5.41, 5.74) is 5.47. The van der Waals surface area contributed by atoms with Crippen LogP contribution in [-0.2, 0) is 0 Å². The maximum atomic E-state index is 5.47. The number of halogens is 1. The molecule has 0 aliphatic heterocycles. The van der Waals surface area contributed by atoms with Crippen molar-refractivity contribution in [1.82, 2.24) is 10.4 Å². The fourth-order valence-electron chi connectivity index (χ4n) is 2.27. The summed E-state index contributed by atoms with van der Waals surface area (Å²) in [6.45, 7) is 2.59. The van der Waals surface area contributed by atoms with Crippen molar-refractivity contribution in [2.75, 3.05) is 6.61 Å². The molecule has 0 bridgehead atoms. The number of pyridine rings is 1. The molecule has 3 aromatic rings. The number of benzene rings is 2. The van der Waals surface area contributed by atoms with Crippen LogP contribution in [0.1, 0.15) is 18.2 Å². The van der Waals surface area contributed by atoms with E-state index < -0.39 is 0 Å². The predicted molar refractivity (Wildman–Crippen MR) is 113 cm³/mol. The molecule has 2 aromatic carbocycles. The predicted octanol–water partition coefficient (Wildman–Crippen LogP) is 4.94. The molecule has 1 N–H and O–H groups in total. The van der Waals surface area contributed by atoms with Crippen LogP contribution in [0.4, 0.5) is 5.69 Å². The molecule has 0 amide bonds. The Morgan fingerprint density at radius 2 is 1.85 bits per heavy atom. The highest BCUT2D eigenvalue weighted by Gasteiger charge is 2.04. The number of amidine groups is 1. The van der Waals surface area contributed by atoms with Gasteiger partial charge in [0, 0.05) is 10.7 Å². The van der Waals surface area contributed by atoms with Crippen molar-refractivity contribution < 1.29 is 4.74 Å². The summed E-state index contributed by atoms with van der Waals surface area (Å²) < 4.78 is 6.50. The van der Waals surface area contributed by atoms with E-state index in [4.69, 9.17) is 4.74 Å². The van der Waals surface area contributed by atoms with Crippen molar-refractivity contribution in [3.63, 3.8) is 0 Å². The Kier molecular flexibility index (Phi) is 6.71. The Bertz CT molecular complexity index is 907. The van der Waals surface area contributed by atoms with Gasteiger partial charge in [-0.2, -0.15) is 5.10 Å². The summed E-state index contributed by atoms with van der Waals surface area (Å²) in [6, 6.07) is 21.1. The third kappa shape index (κ3) is 5.76. The zero-order chi connectivity index (χ0) is 18.9. The molecule has 0 saturated heterocycles. The van der Waals surface area contributed by atoms with Gasteiger partial charge in [0.15, 0.2) is 5.84 Å². The van der Waals surface area contributed by atoms with Crippen molar-refractivity contribution in [2.24, 2.45) is 10.1 Å². The maximum absolute atomic E-state index is 5.47. The lowest BCUT2D eigenvalue weighted by molar-refractivity contribution is 0.340. The van der Waals surface area contributed by atoms with Crippen LogP contribution >= 0.6 is 15.9 Å². The minimum Gasteiger partial charge on any atom is -0.494 e. The van der Waals surface area contributed by atoms with E-state index in [1.807, 2.05) is 73.7 Å². The van der Waals surface area contributed by atoms with Gasteiger partial charge >= 0.3 is 0 Å². The minimum atomic E-state index is 0.563. The molecule has 5 nitrogen and oxygen atoms in total. The van der Waals surface area contributed by atoms with Crippen LogP contribution in [0.25, 0.3) is 0 Å². The highest BCUT2D eigenvalue weighted by molar-refractivity contribution is 9.10. The lowest BCUT2D eigenvalue weighted by Gasteiger charge is -2.06. The second-order valence-corrected chi connectivity index (χ2v) is 6.44. The van der Waals surface area contributed by atoms with E-state index in [9.17, 15) is 0 Å². The fraction of sp³-hybridized carbons (Fsp3) is 0.0952. The van der Waals surface area contributed by atoms with Crippen molar-refractivity contribution in [3.8, 4) is 5.75 Å². The Labute approximate surface area is 167 Å². The van der Waals surface area contributed by atoms with E-state index in [0.29, 0.717) is 18.1 Å². The molecular formula is C21H19BrN4O. The van der Waals surface area contributed by atoms with Crippen molar-refractivity contribution in [3.05, 3.63) is 88.7 Å². The van der Waals surface area contributed by atoms with Crippen LogP contribution in [0.3, 0.4) is 0 Å². The largest absolute Gasteiger partial charge is 0.494 e. The van der Waals surface area contributed by atoms with E-state index in [0.717, 1.165) is 21.5 Å². The number of hydrazone groups is 1. The third-order valence-electron chi connectivity index (χ3n) is 3.55. The number of nitrogens with one attached hydrogen (secondary N) is 1. The molecule has 1 aromatic heterocycles. The smallest absolute Gasteiger partial charge is 0.172 e. The number of nitrogens with zero attached hydrogens (tertiary/aromatic N) is 3. The van der Waals surface area contributed by atoms with Gasteiger partial charge in [0.2, 0.25) is 0 Å². The van der Waals surface area contributed by atoms with Gasteiger partial charge in [-0.1, -0.05) is 34.1 Å². The summed E-state index contributed by atoms with van der Waals surface area (Å²) in [6.07, 6.45) is 3.46. The zero-order valence-corrected chi connectivity index (χ0v) is 16.4. The van der Waals surface area contributed by atoms with Crippen LogP contribution in [-0.4, -0.2) is 23.6 Å². The lowest BCUT2D eigenvalue weighted by Crippen LogP contribution is -2.20. The van der Waals surface area contributed by atoms with Crippen LogP contribution in [0.5, 0.6) is 5.75 Å². The SMILES string of the molecule is CCOc1ccc(N=C(NN=Cc2ccc(Br)cc2)c2ccccn2)cc1. The maximum Gasteiger partial charge on any atom is 0.172 e. The molecule has 27 heavy (non-hydrogen) atoms. The zero-order valence-electron chi connectivity index (χ0n) is 14.8. The van der Waals surface area contributed by atoms with Gasteiger partial charge in [-0.25, -0.2) is 4.99 Å². The van der Waals surface area contributed by atoms with E-state index in [1.54, 1.807) is 12.4 Å². The van der Waals surface area contributed by atoms with E-state index in [1.165, 1.54) is 0 Å². The third-order valence-corrected chi connectivity index (χ3v) is 4.08. The Hall–Kier alpha value is -2.99. The van der Waals surface area contributed by atoms with E-state index in [2.05, 4.69) is 36.4 Å². The summed E-state index contributed by atoms with van der Waals surface area (Å²) in [5, 5.41) is 4.31. The molecule has 3 rings (SSSR count). The Morgan fingerprint density at radius 3 is 2.52 bits per heavy atom. The average molecular weight is 423 g/mol. The van der Waals surface area contributed by atoms with Crippen LogP contribution in [0, 0.1) is 0 Å². The standard InChI is InChI=1S/C21H19BrN4O/c1-2-27-19-12-10-18(11-13-19)25-21(20-5-3-4-14-23-20)26-24-15-16-6-8-17(22)9-7-16/h3-15H,2H2,1H3,(H,25,26). The summed E-state index contributed by atoms with van der Waals surface area (Å²) in [5.74, 6) is 1.38. The molecule has 6 heteroatoms. The Morgan fingerprint density at radius 1 is 1.07 bits per heavy atom. The molecule has 0 saturated carbocycles. The molecule has 0 unspecified atom stereocenters. The molecule has 0 fully saturated rings. The highest BCUT2D eigenvalue weighted by atomic mass is 79.9. The van der Waals surface area contributed by atoms with Gasteiger partial charge in [-0.3, -0.25) is 10.4 Å². The first-order valence-electron chi connectivity index (χ1n) is 8.52. The van der Waals surface area contributed by atoms with Crippen LogP contribution in [0.15, 0.2) is 87.5 Å². The first-order chi connectivity index (χ1) is 13.2. The molecular weight excluding hydrogens is 404 g/mol. The molecule has 0 atom stereocenters. The van der Waals surface area contributed by atoms with Crippen LogP contribution in [0.2, 0.25) is 0 Å². The summed E-state index contributed by atoms with van der Waals surface area (Å²) >= 11 is 3.42. The van der Waals surface area contributed by atoms with E-state index in [-0.39, 0.29) is 0 Å².